The molecular weight excluding hydrogens is 487 g/mol. The number of alkyl halides is 2. The molecule has 0 radical (unpaired) electrons. The third kappa shape index (κ3) is 4.48. The van der Waals surface area contributed by atoms with Gasteiger partial charge in [0.05, 0.1) is 38.4 Å². The van der Waals surface area contributed by atoms with E-state index in [9.17, 15) is 23.8 Å². The zero-order chi connectivity index (χ0) is 39.9. The molecule has 9 heteroatoms. The SMILES string of the molecule is [2H]c1c([2H])c(C2(C(=O)Cc3c(F)c([2H])c4c(c3[2H])c([2H])c(C(C)(C([2H])([2H])[2H])C([2H])([2H])C)n4C[C@@H](O)CO)C([2H])([2H])C2([2H])[2H])c([2H])c2c1OC(F)(F)O2. The first-order valence-electron chi connectivity index (χ1n) is 18.4. The molecule has 3 aromatic rings. The van der Waals surface area contributed by atoms with E-state index in [1.54, 1.807) is 0 Å². The Bertz CT molecular complexity index is 2020. The second-order valence-corrected chi connectivity index (χ2v) is 8.74. The Kier molecular flexibility index (Phi) is 3.12. The summed E-state index contributed by atoms with van der Waals surface area (Å²) in [4.78, 5) is 14.2. The van der Waals surface area contributed by atoms with Gasteiger partial charge in [0, 0.05) is 35.3 Å². The van der Waals surface area contributed by atoms with Gasteiger partial charge in [-0.1, -0.05) is 26.7 Å². The molecule has 1 unspecified atom stereocenters. The summed E-state index contributed by atoms with van der Waals surface area (Å²) < 4.78 is 180. The molecular formula is C28H30F3NO5. The molecule has 6 nitrogen and oxygen atoms in total. The monoisotopic (exact) mass is 532 g/mol. The minimum Gasteiger partial charge on any atom is -0.395 e. The van der Waals surface area contributed by atoms with Crippen LogP contribution in [0.5, 0.6) is 11.5 Å². The highest BCUT2D eigenvalue weighted by Gasteiger charge is 2.52. The van der Waals surface area contributed by atoms with Crippen LogP contribution in [0.1, 0.15) is 77.2 Å². The van der Waals surface area contributed by atoms with Gasteiger partial charge in [-0.15, -0.1) is 8.78 Å². The van der Waals surface area contributed by atoms with Crippen LogP contribution in [0.2, 0.25) is 0 Å². The van der Waals surface area contributed by atoms with Gasteiger partial charge in [0.1, 0.15) is 11.6 Å². The van der Waals surface area contributed by atoms with Gasteiger partial charge in [0.2, 0.25) is 0 Å². The highest BCUT2D eigenvalue weighted by atomic mass is 19.3. The van der Waals surface area contributed by atoms with Crippen molar-refractivity contribution in [3.63, 3.8) is 0 Å². The molecule has 1 aromatic heterocycles. The Hall–Kier alpha value is -3.04. The lowest BCUT2D eigenvalue weighted by molar-refractivity contribution is -0.286. The van der Waals surface area contributed by atoms with Gasteiger partial charge in [-0.3, -0.25) is 4.79 Å². The number of ketones is 1. The lowest BCUT2D eigenvalue weighted by atomic mass is 9.86. The number of aliphatic hydroxyl groups is 2. The van der Waals surface area contributed by atoms with Gasteiger partial charge in [0.25, 0.3) is 0 Å². The number of benzene rings is 2. The molecule has 1 aliphatic heterocycles. The summed E-state index contributed by atoms with van der Waals surface area (Å²) in [7, 11) is 0. The van der Waals surface area contributed by atoms with Gasteiger partial charge in [-0.25, -0.2) is 4.39 Å². The first-order valence-corrected chi connectivity index (χ1v) is 10.9. The number of aromatic nitrogens is 1. The van der Waals surface area contributed by atoms with Crippen molar-refractivity contribution >= 4 is 16.7 Å². The second-order valence-electron chi connectivity index (χ2n) is 8.74. The first kappa shape index (κ1) is 13.2. The molecule has 1 aliphatic carbocycles. The van der Waals surface area contributed by atoms with Crippen LogP contribution in [0, 0.1) is 5.82 Å². The van der Waals surface area contributed by atoms with E-state index in [-0.39, 0.29) is 0 Å². The van der Waals surface area contributed by atoms with Gasteiger partial charge < -0.3 is 24.3 Å². The van der Waals surface area contributed by atoms with E-state index < -0.39 is 156 Å². The summed E-state index contributed by atoms with van der Waals surface area (Å²) >= 11 is 0. The summed E-state index contributed by atoms with van der Waals surface area (Å²) in [6, 6.07) is -7.07. The van der Waals surface area contributed by atoms with E-state index in [0.717, 1.165) is 18.4 Å². The van der Waals surface area contributed by atoms with Crippen molar-refractivity contribution in [2.75, 3.05) is 6.61 Å². The molecule has 1 saturated carbocycles. The van der Waals surface area contributed by atoms with Crippen LogP contribution in [0.4, 0.5) is 13.2 Å². The zero-order valence-corrected chi connectivity index (χ0v) is 19.4. The van der Waals surface area contributed by atoms with E-state index in [2.05, 4.69) is 9.47 Å². The minimum absolute atomic E-state index is 0.713. The maximum absolute atomic E-state index is 16.3. The Balaban J connectivity index is 1.81. The predicted octanol–water partition coefficient (Wildman–Crippen LogP) is 4.99. The number of aliphatic hydroxyl groups excluding tert-OH is 2. The molecule has 1 fully saturated rings. The van der Waals surface area contributed by atoms with E-state index in [1.165, 1.54) is 0 Å². The summed E-state index contributed by atoms with van der Waals surface area (Å²) in [5.74, 6) is -5.71. The molecule has 198 valence electrons. The predicted molar refractivity (Wildman–Crippen MR) is 131 cm³/mol. The smallest absolute Gasteiger partial charge is 0.395 e. The number of hydrogen-bond acceptors (Lipinski definition) is 5. The minimum atomic E-state index is -4.45. The summed E-state index contributed by atoms with van der Waals surface area (Å²) in [6.45, 7) is -3.29. The fraction of sp³-hybridized carbons (Fsp3) is 0.464. The van der Waals surface area contributed by atoms with Gasteiger partial charge in [-0.2, -0.15) is 0 Å². The first-order chi connectivity index (χ1) is 23.4. The van der Waals surface area contributed by atoms with Crippen molar-refractivity contribution in [1.29, 1.82) is 0 Å². The number of fused-ring (bicyclic) bond motifs is 2. The molecule has 5 rings (SSSR count). The fourth-order valence-corrected chi connectivity index (χ4v) is 3.91. The normalized spacial score (nSPS) is 28.9. The molecule has 0 spiro atoms. The molecule has 37 heavy (non-hydrogen) atoms. The van der Waals surface area contributed by atoms with Crippen molar-refractivity contribution in [2.45, 2.75) is 76.0 Å². The maximum Gasteiger partial charge on any atom is 0.586 e. The fourth-order valence-electron chi connectivity index (χ4n) is 3.91. The molecule has 0 bridgehead atoms. The average molecular weight is 533 g/mol. The number of nitrogens with zero attached hydrogens (tertiary/aromatic N) is 1. The van der Waals surface area contributed by atoms with E-state index in [1.807, 2.05) is 0 Å². The van der Waals surface area contributed by atoms with Gasteiger partial charge in [-0.05, 0) is 60.5 Å². The number of ether oxygens (including phenoxy) is 2. The molecule has 2 heterocycles. The lowest BCUT2D eigenvalue weighted by Gasteiger charge is -2.26. The maximum atomic E-state index is 16.3. The zero-order valence-electron chi connectivity index (χ0n) is 34.4. The molecule has 2 atom stereocenters. The quantitative estimate of drug-likeness (QED) is 0.406. The Morgan fingerprint density at radius 3 is 2.68 bits per heavy atom. The van der Waals surface area contributed by atoms with Crippen molar-refractivity contribution in [3.8, 4) is 11.5 Å². The van der Waals surface area contributed by atoms with Crippen molar-refractivity contribution in [2.24, 2.45) is 0 Å². The van der Waals surface area contributed by atoms with Crippen LogP contribution in [0.15, 0.2) is 36.3 Å². The van der Waals surface area contributed by atoms with E-state index in [0.29, 0.717) is 0 Å². The number of hydrogen-bond donors (Lipinski definition) is 2. The molecule has 2 aliphatic rings. The van der Waals surface area contributed by atoms with E-state index >= 15 is 4.39 Å². The van der Waals surface area contributed by atoms with Crippen LogP contribution in [0.25, 0.3) is 10.9 Å². The Morgan fingerprint density at radius 2 is 2.03 bits per heavy atom. The van der Waals surface area contributed by atoms with Crippen LogP contribution in [-0.4, -0.2) is 39.6 Å². The van der Waals surface area contributed by atoms with E-state index in [4.69, 9.17) is 20.6 Å². The number of rotatable bonds is 9. The molecule has 0 saturated heterocycles. The summed E-state index contributed by atoms with van der Waals surface area (Å²) in [5.41, 5.74) is -9.71. The van der Waals surface area contributed by atoms with Crippen molar-refractivity contribution in [3.05, 3.63) is 58.9 Å². The average Bonchev–Trinajstić information content (AvgIpc) is 3.28. The molecule has 2 aromatic carbocycles. The van der Waals surface area contributed by atoms with Crippen LogP contribution in [0.3, 0.4) is 0 Å². The van der Waals surface area contributed by atoms with Crippen LogP contribution < -0.4 is 9.47 Å². The topological polar surface area (TPSA) is 80.9 Å². The van der Waals surface area contributed by atoms with Crippen molar-refractivity contribution in [1.82, 2.24) is 4.57 Å². The lowest BCUT2D eigenvalue weighted by Crippen LogP contribution is -2.26. The van der Waals surface area contributed by atoms with Crippen LogP contribution in [-0.2, 0) is 28.6 Å². The third-order valence-electron chi connectivity index (χ3n) is 6.06. The molecule has 2 N–H and O–H groups in total. The van der Waals surface area contributed by atoms with Gasteiger partial charge >= 0.3 is 6.29 Å². The van der Waals surface area contributed by atoms with Crippen LogP contribution >= 0.6 is 0 Å². The Morgan fingerprint density at radius 1 is 1.30 bits per heavy atom. The number of carbonyl (C=O) groups excluding carboxylic acids is 1. The standard InChI is InChI=1S/C28H30F3NO5/c1-4-26(2,3)24-10-17-9-16(20(29)13-21(17)32(24)14-19(34)15-33)11-25(35)27(7-8-27)18-5-6-22-23(12-18)37-28(30,31)36-22/h5-6,9-10,12-13,19,33-34H,4,7-8,11,14-15H2,1-3H3/t19-/m1/s1/i2D3,4D2,5D,6D,7D2,8D2,9D,10D,12D,13D/t19-,26?. The number of halogens is 3. The largest absolute Gasteiger partial charge is 0.586 e. The highest BCUT2D eigenvalue weighted by Crippen LogP contribution is 2.52. The number of Topliss-reactive ketones (excluding diaryl/α,β-unsaturated/α-hetero) is 1. The number of carbonyl (C=O) groups is 1. The second kappa shape index (κ2) is 8.77. The molecule has 0 amide bonds. The third-order valence-corrected chi connectivity index (χ3v) is 6.06. The van der Waals surface area contributed by atoms with Gasteiger partial charge in [0.15, 0.2) is 11.5 Å². The van der Waals surface area contributed by atoms with Crippen molar-refractivity contribution < 1.29 is 58.2 Å². The summed E-state index contributed by atoms with van der Waals surface area (Å²) in [6.07, 6.45) is -17.1. The summed E-state index contributed by atoms with van der Waals surface area (Å²) in [5, 5.41) is 19.2. The Labute approximate surface area is 233 Å². The highest BCUT2D eigenvalue weighted by molar-refractivity contribution is 5.95.